The van der Waals surface area contributed by atoms with Crippen molar-refractivity contribution < 1.29 is 17.9 Å². The number of carbonyl (C=O) groups is 1. The highest BCUT2D eigenvalue weighted by atomic mass is 35.5. The van der Waals surface area contributed by atoms with E-state index in [1.54, 1.807) is 0 Å². The van der Waals surface area contributed by atoms with Crippen LogP contribution in [0.1, 0.15) is 41.7 Å². The number of ether oxygens (including phenoxy) is 1. The molecule has 0 spiro atoms. The van der Waals surface area contributed by atoms with Crippen molar-refractivity contribution in [3.63, 3.8) is 0 Å². The number of halogens is 2. The molecular weight excluding hydrogens is 447 g/mol. The molecular formula is C16H14Cl2N4O4S2. The van der Waals surface area contributed by atoms with Gasteiger partial charge in [0.25, 0.3) is 10.0 Å². The van der Waals surface area contributed by atoms with Crippen LogP contribution >= 0.6 is 34.7 Å². The standard InChI is InChI=1S/C16H14Cl2N4O4S2/c17-10-7-12-13(28(24,25)20-14-4-2-1-3-5-22(12)14)6-9(10)16(23)26-8-11-15(18)27-21-19-11/h6-7H,1-5,8H2. The lowest BCUT2D eigenvalue weighted by Gasteiger charge is -2.30. The molecule has 4 rings (SSSR count). The minimum atomic E-state index is -3.93. The molecule has 0 amide bonds. The molecule has 0 radical (unpaired) electrons. The van der Waals surface area contributed by atoms with E-state index in [4.69, 9.17) is 27.9 Å². The summed E-state index contributed by atoms with van der Waals surface area (Å²) in [4.78, 5) is 14.3. The molecule has 148 valence electrons. The summed E-state index contributed by atoms with van der Waals surface area (Å²) in [7, 11) is -3.93. The van der Waals surface area contributed by atoms with Crippen molar-refractivity contribution in [3.05, 3.63) is 32.7 Å². The maximum absolute atomic E-state index is 12.7. The normalized spacial score (nSPS) is 17.9. The van der Waals surface area contributed by atoms with Crippen LogP contribution in [0.2, 0.25) is 9.36 Å². The van der Waals surface area contributed by atoms with Gasteiger partial charge in [-0.25, -0.2) is 4.79 Å². The van der Waals surface area contributed by atoms with Gasteiger partial charge in [0, 0.05) is 24.5 Å². The van der Waals surface area contributed by atoms with E-state index in [9.17, 15) is 13.2 Å². The Bertz CT molecular complexity index is 1080. The van der Waals surface area contributed by atoms with Crippen molar-refractivity contribution >= 4 is 62.2 Å². The first-order valence-corrected chi connectivity index (χ1v) is 11.4. The third-order valence-corrected chi connectivity index (χ3v) is 7.14. The molecule has 1 aromatic carbocycles. The molecule has 0 aliphatic carbocycles. The van der Waals surface area contributed by atoms with Crippen LogP contribution in [-0.4, -0.2) is 36.4 Å². The lowest BCUT2D eigenvalue weighted by Crippen LogP contribution is -2.35. The van der Waals surface area contributed by atoms with Gasteiger partial charge in [0.2, 0.25) is 0 Å². The zero-order chi connectivity index (χ0) is 19.9. The maximum atomic E-state index is 12.7. The van der Waals surface area contributed by atoms with Crippen molar-refractivity contribution in [2.24, 2.45) is 4.40 Å². The van der Waals surface area contributed by atoms with Gasteiger partial charge >= 0.3 is 5.97 Å². The summed E-state index contributed by atoms with van der Waals surface area (Å²) < 4.78 is 38.4. The highest BCUT2D eigenvalue weighted by molar-refractivity contribution is 7.90. The molecule has 0 saturated carbocycles. The van der Waals surface area contributed by atoms with Crippen LogP contribution in [0.4, 0.5) is 5.69 Å². The number of rotatable bonds is 3. The number of fused-ring (bicyclic) bond motifs is 3. The fourth-order valence-electron chi connectivity index (χ4n) is 3.15. The van der Waals surface area contributed by atoms with E-state index in [0.717, 1.165) is 30.8 Å². The summed E-state index contributed by atoms with van der Waals surface area (Å²) in [5.41, 5.74) is 0.706. The topological polar surface area (TPSA) is 102 Å². The lowest BCUT2D eigenvalue weighted by atomic mass is 10.1. The van der Waals surface area contributed by atoms with E-state index >= 15 is 0 Å². The Labute approximate surface area is 175 Å². The Kier molecular flexibility index (Phi) is 5.30. The average molecular weight is 461 g/mol. The molecule has 12 heteroatoms. The van der Waals surface area contributed by atoms with E-state index < -0.39 is 16.0 Å². The van der Waals surface area contributed by atoms with Crippen molar-refractivity contribution in [1.29, 1.82) is 0 Å². The molecule has 0 N–H and O–H groups in total. The van der Waals surface area contributed by atoms with Gasteiger partial charge in [-0.05, 0) is 25.0 Å². The second kappa shape index (κ2) is 7.58. The average Bonchev–Trinajstić information content (AvgIpc) is 2.91. The maximum Gasteiger partial charge on any atom is 0.340 e. The summed E-state index contributed by atoms with van der Waals surface area (Å²) >= 11 is 13.2. The van der Waals surface area contributed by atoms with Gasteiger partial charge in [-0.1, -0.05) is 34.1 Å². The smallest absolute Gasteiger partial charge is 0.340 e. The largest absolute Gasteiger partial charge is 0.455 e. The van der Waals surface area contributed by atoms with Gasteiger partial charge in [0.1, 0.15) is 27.4 Å². The fraction of sp³-hybridized carbons (Fsp3) is 0.375. The summed E-state index contributed by atoms with van der Waals surface area (Å²) in [6, 6.07) is 2.71. The quantitative estimate of drug-likeness (QED) is 0.643. The van der Waals surface area contributed by atoms with Gasteiger partial charge in [0.05, 0.1) is 16.3 Å². The molecule has 2 aliphatic rings. The van der Waals surface area contributed by atoms with Crippen LogP contribution in [0.15, 0.2) is 21.4 Å². The van der Waals surface area contributed by atoms with Crippen LogP contribution in [0, 0.1) is 0 Å². The Morgan fingerprint density at radius 3 is 2.82 bits per heavy atom. The Hall–Kier alpha value is -1.75. The number of carbonyl (C=O) groups excluding carboxylic acids is 1. The predicted molar refractivity (Wildman–Crippen MR) is 106 cm³/mol. The first-order chi connectivity index (χ1) is 13.4. The number of aromatic nitrogens is 2. The highest BCUT2D eigenvalue weighted by Crippen LogP contribution is 2.38. The lowest BCUT2D eigenvalue weighted by molar-refractivity contribution is 0.0468. The Morgan fingerprint density at radius 2 is 2.07 bits per heavy atom. The summed E-state index contributed by atoms with van der Waals surface area (Å²) in [6.07, 6.45) is 3.38. The number of nitrogens with zero attached hydrogens (tertiary/aromatic N) is 4. The van der Waals surface area contributed by atoms with E-state index in [2.05, 4.69) is 14.0 Å². The number of amidine groups is 1. The van der Waals surface area contributed by atoms with E-state index in [1.807, 2.05) is 4.90 Å². The minimum absolute atomic E-state index is 0.0529. The molecule has 2 aliphatic heterocycles. The van der Waals surface area contributed by atoms with E-state index in [-0.39, 0.29) is 22.1 Å². The molecule has 1 aromatic heterocycles. The summed E-state index contributed by atoms with van der Waals surface area (Å²) in [5.74, 6) is -0.264. The number of hydrogen-bond acceptors (Lipinski definition) is 8. The van der Waals surface area contributed by atoms with Gasteiger partial charge in [-0.2, -0.15) is 8.42 Å². The van der Waals surface area contributed by atoms with Crippen molar-refractivity contribution in [1.82, 2.24) is 9.59 Å². The van der Waals surface area contributed by atoms with Gasteiger partial charge in [-0.3, -0.25) is 0 Å². The number of benzene rings is 1. The minimum Gasteiger partial charge on any atom is -0.455 e. The monoisotopic (exact) mass is 460 g/mol. The molecule has 1 saturated heterocycles. The van der Waals surface area contributed by atoms with E-state index in [1.165, 1.54) is 12.1 Å². The van der Waals surface area contributed by atoms with Crippen molar-refractivity contribution in [3.8, 4) is 0 Å². The molecule has 2 aromatic rings. The molecule has 8 nitrogen and oxygen atoms in total. The second-order valence-electron chi connectivity index (χ2n) is 6.31. The molecule has 3 heterocycles. The van der Waals surface area contributed by atoms with E-state index in [0.29, 0.717) is 34.5 Å². The zero-order valence-corrected chi connectivity index (χ0v) is 17.5. The van der Waals surface area contributed by atoms with Gasteiger partial charge in [0.15, 0.2) is 0 Å². The third kappa shape index (κ3) is 3.61. The summed E-state index contributed by atoms with van der Waals surface area (Å²) in [5, 5.41) is 3.86. The van der Waals surface area contributed by atoms with Crippen molar-refractivity contribution in [2.75, 3.05) is 11.4 Å². The van der Waals surface area contributed by atoms with Crippen molar-refractivity contribution in [2.45, 2.75) is 37.2 Å². The van der Waals surface area contributed by atoms with Gasteiger partial charge < -0.3 is 9.64 Å². The number of hydrogen-bond donors (Lipinski definition) is 0. The Morgan fingerprint density at radius 1 is 1.25 bits per heavy atom. The van der Waals surface area contributed by atoms with Crippen LogP contribution < -0.4 is 4.90 Å². The summed E-state index contributed by atoms with van der Waals surface area (Å²) in [6.45, 7) is 0.458. The third-order valence-electron chi connectivity index (χ3n) is 4.51. The van der Waals surface area contributed by atoms with Crippen LogP contribution in [0.3, 0.4) is 0 Å². The highest BCUT2D eigenvalue weighted by Gasteiger charge is 2.33. The molecule has 28 heavy (non-hydrogen) atoms. The first-order valence-electron chi connectivity index (χ1n) is 8.45. The predicted octanol–water partition coefficient (Wildman–Crippen LogP) is 3.68. The molecule has 0 bridgehead atoms. The zero-order valence-electron chi connectivity index (χ0n) is 14.4. The fourth-order valence-corrected chi connectivity index (χ4v) is 5.25. The van der Waals surface area contributed by atoms with Crippen LogP contribution in [-0.2, 0) is 21.4 Å². The Balaban J connectivity index is 1.68. The number of esters is 1. The number of sulfonamides is 1. The molecule has 0 unspecified atom stereocenters. The first kappa shape index (κ1) is 19.6. The number of anilines is 1. The van der Waals surface area contributed by atoms with Crippen LogP contribution in [0.5, 0.6) is 0 Å². The molecule has 1 fully saturated rings. The second-order valence-corrected chi connectivity index (χ2v) is 9.65. The molecule has 0 atom stereocenters. The van der Waals surface area contributed by atoms with Crippen LogP contribution in [0.25, 0.3) is 0 Å². The van der Waals surface area contributed by atoms with Gasteiger partial charge in [-0.15, -0.1) is 9.50 Å². The SMILES string of the molecule is O=C(OCc1nnsc1Cl)c1cc2c(cc1Cl)N1CCCCCC1=NS2(=O)=O.